The first-order valence-electron chi connectivity index (χ1n) is 40.3. The van der Waals surface area contributed by atoms with Crippen molar-refractivity contribution in [2.45, 2.75) is 172 Å². The van der Waals surface area contributed by atoms with Gasteiger partial charge in [0.25, 0.3) is 0 Å². The van der Waals surface area contributed by atoms with Crippen LogP contribution in [0.4, 0.5) is 17.6 Å². The number of halogens is 9. The van der Waals surface area contributed by atoms with E-state index < -0.39 is 251 Å². The lowest BCUT2D eigenvalue weighted by molar-refractivity contribution is -0.122. The molecule has 0 atom stereocenters. The number of ketones is 16. The minimum Gasteiger partial charge on any atom is -0.504 e. The van der Waals surface area contributed by atoms with Crippen LogP contribution in [0.15, 0.2) is 91.0 Å². The second-order valence-corrected chi connectivity index (χ2v) is 39.9. The van der Waals surface area contributed by atoms with Gasteiger partial charge in [-0.15, -0.1) is 0 Å². The van der Waals surface area contributed by atoms with E-state index in [0.717, 1.165) is 84.9 Å². The molecule has 748 valence electrons. The number of hydrogen-bond acceptors (Lipinski definition) is 32. The number of aromatic hydroxyl groups is 16. The van der Waals surface area contributed by atoms with Gasteiger partial charge in [-0.1, -0.05) is 217 Å². The summed E-state index contributed by atoms with van der Waals surface area (Å²) in [6.45, 7) is 37.5. The Hall–Kier alpha value is -13.6. The molecule has 0 fully saturated rings. The first-order valence-corrected chi connectivity index (χ1v) is 42.2. The predicted octanol–water partition coefficient (Wildman–Crippen LogP) is 19.4. The smallest absolute Gasteiger partial charge is 0.232 e. The van der Waals surface area contributed by atoms with E-state index in [-0.39, 0.29) is 82.7 Å². The molecule has 0 aliphatic carbocycles. The lowest BCUT2D eigenvalue weighted by Gasteiger charge is -2.16. The molecule has 0 spiro atoms. The maximum atomic E-state index is 13.5. The predicted molar refractivity (Wildman–Crippen MR) is 498 cm³/mol. The molecule has 8 aromatic carbocycles. The number of rotatable bonds is 19. The van der Waals surface area contributed by atoms with E-state index in [0.29, 0.717) is 0 Å². The van der Waals surface area contributed by atoms with E-state index in [4.69, 9.17) is 93.8 Å². The van der Waals surface area contributed by atoms with Gasteiger partial charge < -0.3 is 81.7 Å². The van der Waals surface area contributed by atoms with Gasteiger partial charge in [-0.05, 0) is 96.3 Å². The zero-order chi connectivity index (χ0) is 108. The van der Waals surface area contributed by atoms with Gasteiger partial charge in [0.2, 0.25) is 92.5 Å². The van der Waals surface area contributed by atoms with Crippen LogP contribution in [0.25, 0.3) is 0 Å². The number of carbonyl (C=O) groups is 16. The van der Waals surface area contributed by atoms with Crippen LogP contribution in [0, 0.1) is 67.1 Å². The Morgan fingerprint density at radius 2 is 0.536 bits per heavy atom. The summed E-state index contributed by atoms with van der Waals surface area (Å²) in [7, 11) is 0. The molecule has 0 aromatic heterocycles. The highest BCUT2D eigenvalue weighted by Gasteiger charge is 2.38. The second kappa shape index (κ2) is 48.5. The second-order valence-electron chi connectivity index (χ2n) is 37.9. The van der Waals surface area contributed by atoms with Crippen molar-refractivity contribution in [3.8, 4) is 92.0 Å². The van der Waals surface area contributed by atoms with Crippen molar-refractivity contribution in [3.63, 3.8) is 0 Å². The first kappa shape index (κ1) is 122. The summed E-state index contributed by atoms with van der Waals surface area (Å²) in [5, 5.41) is 146. The highest BCUT2D eigenvalue weighted by Crippen LogP contribution is 2.44. The Balaban J connectivity index is 0.000000789. The van der Waals surface area contributed by atoms with Gasteiger partial charge in [0, 0.05) is 84.8 Å². The van der Waals surface area contributed by atoms with Crippen LogP contribution in [-0.2, 0) is 38.4 Å². The van der Waals surface area contributed by atoms with Gasteiger partial charge in [-0.25, -0.2) is 17.6 Å². The molecule has 0 aliphatic heterocycles. The maximum absolute atomic E-state index is 13.5. The number of phenolic OH excluding ortho intramolecular Hbond substituents is 16. The van der Waals surface area contributed by atoms with Gasteiger partial charge in [0.15, 0.2) is 115 Å². The molecular formula is C97H105Cl5F4O32. The molecule has 0 heterocycles. The molecule has 32 nitrogen and oxygen atoms in total. The molecular weight excluding hydrogens is 1930 g/mol. The lowest BCUT2D eigenvalue weighted by Crippen LogP contribution is -2.29. The molecule has 138 heavy (non-hydrogen) atoms. The fourth-order valence-electron chi connectivity index (χ4n) is 9.96. The normalized spacial score (nSPS) is 11.2. The zero-order valence-electron chi connectivity index (χ0n) is 78.7. The molecule has 0 unspecified atom stereocenters. The summed E-state index contributed by atoms with van der Waals surface area (Å²) < 4.78 is 53.1. The molecule has 0 radical (unpaired) electrons. The Morgan fingerprint density at radius 3 is 0.877 bits per heavy atom. The summed E-state index contributed by atoms with van der Waals surface area (Å²) in [6, 6.07) is 14.7. The van der Waals surface area contributed by atoms with E-state index in [2.05, 4.69) is 0 Å². The summed E-state index contributed by atoms with van der Waals surface area (Å²) in [4.78, 5) is 188. The highest BCUT2D eigenvalue weighted by molar-refractivity contribution is 6.52. The van der Waals surface area contributed by atoms with Crippen molar-refractivity contribution in [1.82, 2.24) is 0 Å². The average molecular weight is 2040 g/mol. The fraction of sp³-hybridized carbons (Fsp3) is 0.340. The van der Waals surface area contributed by atoms with Crippen LogP contribution in [0.1, 0.15) is 255 Å². The molecule has 8 rings (SSSR count). The maximum Gasteiger partial charge on any atom is 0.232 e. The minimum atomic E-state index is -1.28. The van der Waals surface area contributed by atoms with Crippen LogP contribution in [0.5, 0.6) is 92.0 Å². The number of benzene rings is 8. The molecule has 16 N–H and O–H groups in total. The van der Waals surface area contributed by atoms with Crippen molar-refractivity contribution in [2.75, 3.05) is 0 Å². The van der Waals surface area contributed by atoms with Crippen LogP contribution in [-0.4, -0.2) is 174 Å². The van der Waals surface area contributed by atoms with E-state index in [9.17, 15) is 140 Å². The molecule has 0 aliphatic rings. The van der Waals surface area contributed by atoms with E-state index in [1.54, 1.807) is 138 Å². The Morgan fingerprint density at radius 1 is 0.254 bits per heavy atom. The van der Waals surface area contributed by atoms with Crippen LogP contribution in [0.3, 0.4) is 0 Å². The van der Waals surface area contributed by atoms with Gasteiger partial charge >= 0.3 is 0 Å². The Labute approximate surface area is 813 Å². The summed E-state index contributed by atoms with van der Waals surface area (Å²) in [5.74, 6) is -28.2. The molecule has 0 saturated heterocycles. The third kappa shape index (κ3) is 34.0. The number of phenols is 16. The Bertz CT molecular complexity index is 5840. The number of carbonyl (C=O) groups excluding carboxylic acids is 16. The summed E-state index contributed by atoms with van der Waals surface area (Å²) in [6.07, 6.45) is 0.0367. The van der Waals surface area contributed by atoms with E-state index in [1.165, 1.54) is 26.8 Å². The van der Waals surface area contributed by atoms with Crippen LogP contribution < -0.4 is 0 Å². The van der Waals surface area contributed by atoms with Crippen LogP contribution >= 0.6 is 58.0 Å². The Kier molecular flexibility index (Phi) is 43.0. The van der Waals surface area contributed by atoms with Crippen molar-refractivity contribution >= 4 is 151 Å². The molecule has 0 saturated carbocycles. The molecule has 8 aromatic rings. The van der Waals surface area contributed by atoms with Gasteiger partial charge in [-0.3, -0.25) is 76.7 Å². The summed E-state index contributed by atoms with van der Waals surface area (Å²) in [5.41, 5.74) is -7.60. The molecule has 41 heteroatoms. The fourth-order valence-corrected chi connectivity index (χ4v) is 11.1. The van der Waals surface area contributed by atoms with E-state index >= 15 is 0 Å². The monoisotopic (exact) mass is 2030 g/mol. The van der Waals surface area contributed by atoms with Crippen LogP contribution in [0.2, 0.25) is 25.1 Å². The average Bonchev–Trinajstić information content (AvgIpc) is 0.788. The third-order valence-electron chi connectivity index (χ3n) is 17.8. The van der Waals surface area contributed by atoms with Crippen molar-refractivity contribution in [2.24, 2.45) is 43.8 Å². The largest absolute Gasteiger partial charge is 0.504 e. The van der Waals surface area contributed by atoms with Crippen molar-refractivity contribution < 1.29 is 176 Å². The third-order valence-corrected chi connectivity index (χ3v) is 19.4. The standard InChI is InChI=1S/C13H15FO4.C12H12Cl2O4.3C12H13ClO4.3C12H13FO4/c1-13(2,3)6-10(16)11(17)7-4-8(14)12(18)9(15)5-7;1-12(2,3)11(18)8(15)5-4-6(13)9(16)10(17)7(5)14;1-12(2,3)11(17)10(16)6-4-8(14)9(15)5-7(6)13;1-12(2,3)11(17)9(15)6-4-7(13)10(16)8(14)5-6;1-12(2,3)11(17)9(15)6-4-5-7(14)10(16)8(6)13;1-12(2,3)11(17)9(15)6-4-7(13)10(16)8(14)5-6;1-12(2,3)11(17)9(15)6-4-5-7(14)10(16)8(6)13;1-6(2)5-9(15)11(16)7-3-4-8(14)12(17)10(7)13/h4-5,15,18H,6H2,1-3H3;4,16-17H,1-3H3;4-5,14-15H,1-3H3;4*4-5,14,16H,1-3H3;3-4,6,14,17H,5H2,1-2H3. The SMILES string of the molecule is CC(C)(C)C(=O)C(=O)c1cc(Cl)c(O)c(O)c1Cl.CC(C)(C)C(=O)C(=O)c1cc(O)c(O)c(Cl)c1.CC(C)(C)C(=O)C(=O)c1cc(O)c(O)c(F)c1.CC(C)(C)C(=O)C(=O)c1cc(O)c(O)cc1Cl.CC(C)(C)C(=O)C(=O)c1ccc(O)c(O)c1Cl.CC(C)(C)C(=O)C(=O)c1ccc(O)c(O)c1F.CC(C)(C)CC(=O)C(=O)c1cc(O)c(O)c(F)c1.CC(C)CC(=O)C(=O)c1ccc(O)c(O)c1F. The summed E-state index contributed by atoms with van der Waals surface area (Å²) >= 11 is 28.4. The molecule has 0 bridgehead atoms. The van der Waals surface area contributed by atoms with Crippen molar-refractivity contribution in [1.29, 1.82) is 0 Å². The number of hydrogen-bond donors (Lipinski definition) is 16. The molecule has 0 amide bonds. The minimum absolute atomic E-state index is 0.0137. The number of Topliss-reactive ketones (excluding diaryl/α,β-unsaturated/α-hetero) is 16. The lowest BCUT2D eigenvalue weighted by atomic mass is 9.86. The quantitative estimate of drug-likeness (QED) is 0.0155. The highest BCUT2D eigenvalue weighted by atomic mass is 35.5. The topological polar surface area (TPSA) is 597 Å². The van der Waals surface area contributed by atoms with Gasteiger partial charge in [-0.2, -0.15) is 0 Å². The zero-order valence-corrected chi connectivity index (χ0v) is 82.5. The first-order chi connectivity index (χ1) is 62.3. The van der Waals surface area contributed by atoms with Crippen molar-refractivity contribution in [3.05, 3.63) is 184 Å². The van der Waals surface area contributed by atoms with E-state index in [1.807, 2.05) is 0 Å². The van der Waals surface area contributed by atoms with Gasteiger partial charge in [0.05, 0.1) is 36.2 Å². The van der Waals surface area contributed by atoms with Gasteiger partial charge in [0.1, 0.15) is 0 Å².